The molecular weight excluding hydrogens is 302 g/mol. The molecule has 0 N–H and O–H groups in total. The Morgan fingerprint density at radius 1 is 1.00 bits per heavy atom. The molecule has 0 bridgehead atoms. The third-order valence-electron chi connectivity index (χ3n) is 6.58. The summed E-state index contributed by atoms with van der Waals surface area (Å²) in [6.07, 6.45) is 11.0. The van der Waals surface area contributed by atoms with Crippen LogP contribution in [0.3, 0.4) is 0 Å². The molecule has 1 aliphatic heterocycles. The van der Waals surface area contributed by atoms with Crippen LogP contribution in [-0.2, 0) is 14.3 Å². The van der Waals surface area contributed by atoms with Gasteiger partial charge in [-0.25, -0.2) is 0 Å². The topological polar surface area (TPSA) is 38.8 Å². The molecule has 3 rings (SSSR count). The number of nitrogens with zero attached hydrogens (tertiary/aromatic N) is 1. The third kappa shape index (κ3) is 3.50. The molecule has 0 spiro atoms. The van der Waals surface area contributed by atoms with Crippen molar-refractivity contribution in [3.63, 3.8) is 0 Å². The molecule has 0 aromatic carbocycles. The molecule has 6 unspecified atom stereocenters. The second-order valence-corrected chi connectivity index (χ2v) is 7.86. The molecule has 2 aliphatic carbocycles. The zero-order chi connectivity index (χ0) is 17.1. The number of carbonyl (C=O) groups is 1. The summed E-state index contributed by atoms with van der Waals surface area (Å²) in [6.45, 7) is 6.46. The molecule has 0 amide bonds. The molecule has 0 aromatic heterocycles. The Labute approximate surface area is 147 Å². The Bertz CT molecular complexity index is 405. The van der Waals surface area contributed by atoms with Gasteiger partial charge in [0.1, 0.15) is 6.04 Å². The number of ether oxygens (including phenoxy) is 2. The number of hydrogen-bond acceptors (Lipinski definition) is 4. The van der Waals surface area contributed by atoms with Crippen LogP contribution in [0.4, 0.5) is 0 Å². The molecule has 3 fully saturated rings. The predicted octanol–water partition coefficient (Wildman–Crippen LogP) is 4.12. The SMILES string of the molecule is CCOC(C)OC(=O)C(CC)N1C2CCCCC2C2CCCCC21. The van der Waals surface area contributed by atoms with Crippen LogP contribution in [0, 0.1) is 11.8 Å². The van der Waals surface area contributed by atoms with Crippen LogP contribution in [0.5, 0.6) is 0 Å². The van der Waals surface area contributed by atoms with Crippen LogP contribution >= 0.6 is 0 Å². The van der Waals surface area contributed by atoms with Crippen molar-refractivity contribution in [2.24, 2.45) is 11.8 Å². The van der Waals surface area contributed by atoms with E-state index in [1.807, 2.05) is 13.8 Å². The van der Waals surface area contributed by atoms with Crippen molar-refractivity contribution >= 4 is 5.97 Å². The fourth-order valence-electron chi connectivity index (χ4n) is 5.74. The van der Waals surface area contributed by atoms with Crippen LogP contribution in [0.2, 0.25) is 0 Å². The maximum absolute atomic E-state index is 12.9. The first-order valence-corrected chi connectivity index (χ1v) is 10.3. The number of hydrogen-bond donors (Lipinski definition) is 0. The number of rotatable bonds is 6. The lowest BCUT2D eigenvalue weighted by molar-refractivity contribution is -0.181. The predicted molar refractivity (Wildman–Crippen MR) is 94.6 cm³/mol. The van der Waals surface area contributed by atoms with Gasteiger partial charge < -0.3 is 9.47 Å². The van der Waals surface area contributed by atoms with Crippen LogP contribution in [0.25, 0.3) is 0 Å². The summed E-state index contributed by atoms with van der Waals surface area (Å²) in [5.74, 6) is 1.56. The Hall–Kier alpha value is -0.610. The van der Waals surface area contributed by atoms with E-state index in [9.17, 15) is 4.79 Å². The smallest absolute Gasteiger partial charge is 0.325 e. The zero-order valence-electron chi connectivity index (χ0n) is 15.7. The number of esters is 1. The Kier molecular flexibility index (Phi) is 6.20. The minimum absolute atomic E-state index is 0.0750. The molecule has 0 radical (unpaired) electrons. The molecule has 0 aromatic rings. The van der Waals surface area contributed by atoms with Crippen LogP contribution in [0.1, 0.15) is 78.6 Å². The van der Waals surface area contributed by atoms with E-state index in [2.05, 4.69) is 11.8 Å². The van der Waals surface area contributed by atoms with Gasteiger partial charge in [0.2, 0.25) is 0 Å². The van der Waals surface area contributed by atoms with E-state index in [4.69, 9.17) is 9.47 Å². The highest BCUT2D eigenvalue weighted by atomic mass is 16.7. The molecule has 4 nitrogen and oxygen atoms in total. The summed E-state index contributed by atoms with van der Waals surface area (Å²) in [4.78, 5) is 15.5. The van der Waals surface area contributed by atoms with Crippen LogP contribution in [0.15, 0.2) is 0 Å². The largest absolute Gasteiger partial charge is 0.435 e. The van der Waals surface area contributed by atoms with Gasteiger partial charge >= 0.3 is 5.97 Å². The van der Waals surface area contributed by atoms with Gasteiger partial charge in [-0.1, -0.05) is 32.6 Å². The van der Waals surface area contributed by atoms with Gasteiger partial charge in [0.15, 0.2) is 6.29 Å². The minimum atomic E-state index is -0.441. The van der Waals surface area contributed by atoms with Crippen molar-refractivity contribution in [2.45, 2.75) is 103 Å². The van der Waals surface area contributed by atoms with E-state index in [1.54, 1.807) is 0 Å². The summed E-state index contributed by atoms with van der Waals surface area (Å²) in [6, 6.07) is 1.12. The van der Waals surface area contributed by atoms with Crippen molar-refractivity contribution in [1.82, 2.24) is 4.90 Å². The molecule has 1 saturated heterocycles. The first-order chi connectivity index (χ1) is 11.7. The van der Waals surface area contributed by atoms with Crippen molar-refractivity contribution < 1.29 is 14.3 Å². The Morgan fingerprint density at radius 2 is 1.54 bits per heavy atom. The van der Waals surface area contributed by atoms with Gasteiger partial charge in [-0.2, -0.15) is 0 Å². The summed E-state index contributed by atoms with van der Waals surface area (Å²) >= 11 is 0. The zero-order valence-corrected chi connectivity index (χ0v) is 15.7. The van der Waals surface area contributed by atoms with Crippen LogP contribution in [-0.4, -0.2) is 41.9 Å². The fraction of sp³-hybridized carbons (Fsp3) is 0.950. The third-order valence-corrected chi connectivity index (χ3v) is 6.58. The van der Waals surface area contributed by atoms with Gasteiger partial charge in [0.05, 0.1) is 0 Å². The van der Waals surface area contributed by atoms with E-state index in [0.717, 1.165) is 18.3 Å². The number of carbonyl (C=O) groups excluding carboxylic acids is 1. The monoisotopic (exact) mass is 337 g/mol. The van der Waals surface area contributed by atoms with Crippen LogP contribution < -0.4 is 0 Å². The second kappa shape index (κ2) is 8.18. The van der Waals surface area contributed by atoms with Crippen molar-refractivity contribution in [1.29, 1.82) is 0 Å². The number of likely N-dealkylation sites (tertiary alicyclic amines) is 1. The van der Waals surface area contributed by atoms with E-state index in [1.165, 1.54) is 51.4 Å². The lowest BCUT2D eigenvalue weighted by Gasteiger charge is -2.39. The van der Waals surface area contributed by atoms with E-state index in [0.29, 0.717) is 18.7 Å². The highest BCUT2D eigenvalue weighted by molar-refractivity contribution is 5.76. The number of fused-ring (bicyclic) bond motifs is 3. The highest BCUT2D eigenvalue weighted by Crippen LogP contribution is 2.50. The van der Waals surface area contributed by atoms with Gasteiger partial charge in [-0.3, -0.25) is 9.69 Å². The van der Waals surface area contributed by atoms with Gasteiger partial charge in [0.25, 0.3) is 0 Å². The Morgan fingerprint density at radius 3 is 2.04 bits per heavy atom. The lowest BCUT2D eigenvalue weighted by atomic mass is 9.73. The van der Waals surface area contributed by atoms with E-state index in [-0.39, 0.29) is 12.0 Å². The maximum atomic E-state index is 12.9. The van der Waals surface area contributed by atoms with Crippen molar-refractivity contribution in [2.75, 3.05) is 6.61 Å². The molecule has 2 saturated carbocycles. The van der Waals surface area contributed by atoms with E-state index >= 15 is 0 Å². The summed E-state index contributed by atoms with van der Waals surface area (Å²) in [7, 11) is 0. The Balaban J connectivity index is 1.76. The second-order valence-electron chi connectivity index (χ2n) is 7.86. The minimum Gasteiger partial charge on any atom is -0.435 e. The molecule has 4 heteroatoms. The van der Waals surface area contributed by atoms with Crippen molar-refractivity contribution in [3.05, 3.63) is 0 Å². The maximum Gasteiger partial charge on any atom is 0.325 e. The van der Waals surface area contributed by atoms with Crippen molar-refractivity contribution in [3.8, 4) is 0 Å². The summed E-state index contributed by atoms with van der Waals surface area (Å²) in [5, 5.41) is 0. The molecular formula is C20H35NO3. The summed E-state index contributed by atoms with van der Waals surface area (Å²) in [5.41, 5.74) is 0. The summed E-state index contributed by atoms with van der Waals surface area (Å²) < 4.78 is 11.0. The van der Waals surface area contributed by atoms with Gasteiger partial charge in [-0.05, 0) is 57.8 Å². The average molecular weight is 338 g/mol. The normalized spacial score (nSPS) is 35.8. The average Bonchev–Trinajstić information content (AvgIpc) is 2.91. The molecule has 1 heterocycles. The first-order valence-electron chi connectivity index (χ1n) is 10.3. The lowest BCUT2D eigenvalue weighted by Crippen LogP contribution is -2.51. The quantitative estimate of drug-likeness (QED) is 0.540. The van der Waals surface area contributed by atoms with Gasteiger partial charge in [0, 0.05) is 18.7 Å². The molecule has 3 aliphatic rings. The first kappa shape index (κ1) is 18.2. The highest BCUT2D eigenvalue weighted by Gasteiger charge is 2.52. The fourth-order valence-corrected chi connectivity index (χ4v) is 5.74. The molecule has 24 heavy (non-hydrogen) atoms. The standard InChI is InChI=1S/C20H35NO3/c1-4-17(20(22)24-14(3)23-5-2)21-18-12-8-6-10-15(18)16-11-7-9-13-19(16)21/h14-19H,4-13H2,1-3H3. The molecule has 6 atom stereocenters. The molecule has 138 valence electrons. The van der Waals surface area contributed by atoms with E-state index < -0.39 is 6.29 Å². The van der Waals surface area contributed by atoms with Gasteiger partial charge in [-0.15, -0.1) is 0 Å².